The first-order chi connectivity index (χ1) is 11.4. The molecule has 0 aromatic heterocycles. The van der Waals surface area contributed by atoms with Crippen molar-refractivity contribution in [1.29, 1.82) is 0 Å². The van der Waals surface area contributed by atoms with Crippen LogP contribution in [0.15, 0.2) is 24.3 Å². The van der Waals surface area contributed by atoms with E-state index >= 15 is 0 Å². The summed E-state index contributed by atoms with van der Waals surface area (Å²) in [5.74, 6) is 0.191. The standard InChI is InChI=1S/C17H27N3O3S.ClH/c1-2-13-24(22,23)20-11-9-15(10-12-20)19-17(21)8-7-14-5-3-4-6-16(14)18;/h3-6,15H,2,7-13,18H2,1H3,(H,19,21);1H. The summed E-state index contributed by atoms with van der Waals surface area (Å²) < 4.78 is 25.6. The molecular formula is C17H28ClN3O3S. The fourth-order valence-electron chi connectivity index (χ4n) is 2.98. The molecule has 142 valence electrons. The molecule has 1 aliphatic rings. The molecule has 1 amide bonds. The average Bonchev–Trinajstić information content (AvgIpc) is 2.54. The van der Waals surface area contributed by atoms with E-state index in [9.17, 15) is 13.2 Å². The van der Waals surface area contributed by atoms with Crippen LogP contribution in [0.25, 0.3) is 0 Å². The number of benzene rings is 1. The molecule has 0 saturated carbocycles. The van der Waals surface area contributed by atoms with Gasteiger partial charge >= 0.3 is 0 Å². The van der Waals surface area contributed by atoms with Gasteiger partial charge in [-0.15, -0.1) is 12.4 Å². The molecule has 2 rings (SSSR count). The van der Waals surface area contributed by atoms with E-state index in [0.717, 1.165) is 5.56 Å². The Morgan fingerprint density at radius 2 is 1.92 bits per heavy atom. The maximum atomic E-state index is 12.1. The van der Waals surface area contributed by atoms with Crippen molar-refractivity contribution >= 4 is 34.0 Å². The summed E-state index contributed by atoms with van der Waals surface area (Å²) in [6.45, 7) is 2.84. The van der Waals surface area contributed by atoms with Crippen LogP contribution in [0.2, 0.25) is 0 Å². The Hall–Kier alpha value is -1.31. The van der Waals surface area contributed by atoms with Crippen molar-refractivity contribution < 1.29 is 13.2 Å². The van der Waals surface area contributed by atoms with Crippen molar-refractivity contribution in [2.24, 2.45) is 0 Å². The number of rotatable bonds is 7. The Balaban J connectivity index is 0.00000312. The minimum Gasteiger partial charge on any atom is -0.399 e. The molecule has 0 unspecified atom stereocenters. The number of nitrogen functional groups attached to an aromatic ring is 1. The summed E-state index contributed by atoms with van der Waals surface area (Å²) in [7, 11) is -3.13. The molecule has 25 heavy (non-hydrogen) atoms. The Kier molecular flexibility index (Phi) is 8.68. The summed E-state index contributed by atoms with van der Waals surface area (Å²) in [6, 6.07) is 7.60. The molecule has 0 radical (unpaired) electrons. The molecule has 1 heterocycles. The third-order valence-corrected chi connectivity index (χ3v) is 6.43. The number of nitrogens with two attached hydrogens (primary N) is 1. The Morgan fingerprint density at radius 1 is 1.28 bits per heavy atom. The number of piperidine rings is 1. The lowest BCUT2D eigenvalue weighted by Gasteiger charge is -2.31. The first kappa shape index (κ1) is 21.7. The van der Waals surface area contributed by atoms with Crippen molar-refractivity contribution in [2.75, 3.05) is 24.6 Å². The third kappa shape index (κ3) is 6.49. The Bertz CT molecular complexity index is 659. The van der Waals surface area contributed by atoms with Gasteiger partial charge < -0.3 is 11.1 Å². The van der Waals surface area contributed by atoms with Gasteiger partial charge in [0.1, 0.15) is 0 Å². The van der Waals surface area contributed by atoms with Crippen LogP contribution < -0.4 is 11.1 Å². The lowest BCUT2D eigenvalue weighted by Crippen LogP contribution is -2.47. The number of hydrogen-bond acceptors (Lipinski definition) is 4. The first-order valence-corrected chi connectivity index (χ1v) is 10.1. The minimum absolute atomic E-state index is 0. The monoisotopic (exact) mass is 389 g/mol. The number of halogens is 1. The van der Waals surface area contributed by atoms with Crippen molar-refractivity contribution in [1.82, 2.24) is 9.62 Å². The second kappa shape index (κ2) is 9.99. The van der Waals surface area contributed by atoms with E-state index in [-0.39, 0.29) is 30.1 Å². The summed E-state index contributed by atoms with van der Waals surface area (Å²) in [4.78, 5) is 12.1. The molecule has 3 N–H and O–H groups in total. The smallest absolute Gasteiger partial charge is 0.220 e. The zero-order valence-electron chi connectivity index (χ0n) is 14.6. The average molecular weight is 390 g/mol. The van der Waals surface area contributed by atoms with Crippen molar-refractivity contribution in [3.05, 3.63) is 29.8 Å². The molecule has 1 aliphatic heterocycles. The molecule has 0 atom stereocenters. The fourth-order valence-corrected chi connectivity index (χ4v) is 4.52. The summed E-state index contributed by atoms with van der Waals surface area (Å²) in [6.07, 6.45) is 2.97. The number of hydrogen-bond donors (Lipinski definition) is 2. The molecule has 1 saturated heterocycles. The molecule has 0 bridgehead atoms. The predicted octanol–water partition coefficient (Wildman–Crippen LogP) is 1.94. The highest BCUT2D eigenvalue weighted by Gasteiger charge is 2.27. The zero-order valence-corrected chi connectivity index (χ0v) is 16.2. The highest BCUT2D eigenvalue weighted by atomic mass is 35.5. The van der Waals surface area contributed by atoms with Crippen LogP contribution in [0.1, 0.15) is 38.2 Å². The van der Waals surface area contributed by atoms with Gasteiger partial charge in [0.15, 0.2) is 0 Å². The van der Waals surface area contributed by atoms with Gasteiger partial charge in [-0.3, -0.25) is 4.79 Å². The molecule has 1 aromatic carbocycles. The van der Waals surface area contributed by atoms with Crippen LogP contribution in [-0.4, -0.2) is 43.5 Å². The maximum Gasteiger partial charge on any atom is 0.220 e. The van der Waals surface area contributed by atoms with E-state index in [1.54, 1.807) is 4.31 Å². The first-order valence-electron chi connectivity index (χ1n) is 8.53. The minimum atomic E-state index is -3.13. The summed E-state index contributed by atoms with van der Waals surface area (Å²) in [5, 5.41) is 3.01. The van der Waals surface area contributed by atoms with E-state index in [4.69, 9.17) is 5.73 Å². The van der Waals surface area contributed by atoms with Crippen LogP contribution in [0, 0.1) is 0 Å². The normalized spacial score (nSPS) is 16.2. The van der Waals surface area contributed by atoms with Crippen molar-refractivity contribution in [2.45, 2.75) is 45.1 Å². The lowest BCUT2D eigenvalue weighted by molar-refractivity contribution is -0.122. The van der Waals surface area contributed by atoms with Crippen molar-refractivity contribution in [3.63, 3.8) is 0 Å². The summed E-state index contributed by atoms with van der Waals surface area (Å²) in [5.41, 5.74) is 7.57. The number of nitrogens with one attached hydrogen (secondary N) is 1. The maximum absolute atomic E-state index is 12.1. The highest BCUT2D eigenvalue weighted by Crippen LogP contribution is 2.16. The van der Waals surface area contributed by atoms with Crippen molar-refractivity contribution in [3.8, 4) is 0 Å². The predicted molar refractivity (Wildman–Crippen MR) is 103 cm³/mol. The zero-order chi connectivity index (χ0) is 17.6. The number of para-hydroxylation sites is 1. The molecule has 8 heteroatoms. The fraction of sp³-hybridized carbons (Fsp3) is 0.588. The van der Waals surface area contributed by atoms with E-state index in [1.807, 2.05) is 31.2 Å². The quantitative estimate of drug-likeness (QED) is 0.697. The largest absolute Gasteiger partial charge is 0.399 e. The van der Waals surface area contributed by atoms with Gasteiger partial charge in [0.25, 0.3) is 0 Å². The number of carbonyl (C=O) groups is 1. The van der Waals surface area contributed by atoms with Crippen LogP contribution >= 0.6 is 12.4 Å². The number of nitrogens with zero attached hydrogens (tertiary/aromatic N) is 1. The molecule has 6 nitrogen and oxygen atoms in total. The van der Waals surface area contributed by atoms with Gasteiger partial charge in [0.05, 0.1) is 5.75 Å². The van der Waals surface area contributed by atoms with Gasteiger partial charge in [0, 0.05) is 31.2 Å². The van der Waals surface area contributed by atoms with E-state index < -0.39 is 10.0 Å². The number of anilines is 1. The van der Waals surface area contributed by atoms with Crippen LogP contribution in [0.3, 0.4) is 0 Å². The van der Waals surface area contributed by atoms with Crippen LogP contribution in [0.5, 0.6) is 0 Å². The second-order valence-electron chi connectivity index (χ2n) is 6.26. The van der Waals surface area contributed by atoms with Gasteiger partial charge in [-0.1, -0.05) is 25.1 Å². The molecule has 0 spiro atoms. The molecular weight excluding hydrogens is 362 g/mol. The SMILES string of the molecule is CCCS(=O)(=O)N1CCC(NC(=O)CCc2ccccc2N)CC1.Cl. The van der Waals surface area contributed by atoms with Gasteiger partial charge in [0.2, 0.25) is 15.9 Å². The highest BCUT2D eigenvalue weighted by molar-refractivity contribution is 7.89. The van der Waals surface area contributed by atoms with Crippen LogP contribution in [0.4, 0.5) is 5.69 Å². The van der Waals surface area contributed by atoms with Gasteiger partial charge in [-0.05, 0) is 37.3 Å². The van der Waals surface area contributed by atoms with Gasteiger partial charge in [-0.2, -0.15) is 0 Å². The third-order valence-electron chi connectivity index (χ3n) is 4.35. The topological polar surface area (TPSA) is 92.5 Å². The lowest BCUT2D eigenvalue weighted by atomic mass is 10.0. The molecule has 1 fully saturated rings. The second-order valence-corrected chi connectivity index (χ2v) is 8.34. The number of carbonyl (C=O) groups excluding carboxylic acids is 1. The van der Waals surface area contributed by atoms with E-state index in [0.29, 0.717) is 50.9 Å². The summed E-state index contributed by atoms with van der Waals surface area (Å²) >= 11 is 0. The van der Waals surface area contributed by atoms with Gasteiger partial charge in [-0.25, -0.2) is 12.7 Å². The van der Waals surface area contributed by atoms with E-state index in [1.165, 1.54) is 0 Å². The van der Waals surface area contributed by atoms with Crippen LogP contribution in [-0.2, 0) is 21.2 Å². The number of aryl methyl sites for hydroxylation is 1. The Morgan fingerprint density at radius 3 is 2.52 bits per heavy atom. The Labute approximate surface area is 156 Å². The van der Waals surface area contributed by atoms with E-state index in [2.05, 4.69) is 5.32 Å². The number of sulfonamides is 1. The molecule has 0 aliphatic carbocycles. The number of amides is 1. The molecule has 1 aromatic rings.